The van der Waals surface area contributed by atoms with E-state index in [1.165, 1.54) is 18.4 Å². The molecule has 0 atom stereocenters. The Hall–Kier alpha value is -0.630. The number of hydrogen-bond acceptors (Lipinski definition) is 2. The molecule has 1 aliphatic rings. The van der Waals surface area contributed by atoms with Gasteiger partial charge < -0.3 is 4.74 Å². The van der Waals surface area contributed by atoms with Gasteiger partial charge in [-0.1, -0.05) is 19.8 Å². The first-order valence-corrected chi connectivity index (χ1v) is 5.52. The molecule has 14 heavy (non-hydrogen) atoms. The summed E-state index contributed by atoms with van der Waals surface area (Å²) in [6.45, 7) is 2.83. The molecule has 0 N–H and O–H groups in total. The number of ketones is 1. The number of carbonyl (C=O) groups excluding carboxylic acids is 1. The lowest BCUT2D eigenvalue weighted by molar-refractivity contribution is -0.115. The molecule has 2 heteroatoms. The highest BCUT2D eigenvalue weighted by Gasteiger charge is 2.21. The van der Waals surface area contributed by atoms with Crippen LogP contribution in [0, 0.1) is 0 Å². The second kappa shape index (κ2) is 5.97. The summed E-state index contributed by atoms with van der Waals surface area (Å²) in [6.07, 6.45) is 6.17. The number of Topliss-reactive ketones (excluding diaryl/α,β-unsaturated/α-hetero) is 1. The van der Waals surface area contributed by atoms with E-state index in [4.69, 9.17) is 4.74 Å². The zero-order valence-electron chi connectivity index (χ0n) is 9.27. The minimum absolute atomic E-state index is 0.355. The molecule has 0 unspecified atom stereocenters. The van der Waals surface area contributed by atoms with Gasteiger partial charge in [-0.05, 0) is 30.4 Å². The standard InChI is InChI=1S/C12H20O2/c1-3-4-5-6-11-10(9-14-2)7-8-12(11)13/h3-9H2,1-2H3. The van der Waals surface area contributed by atoms with E-state index in [1.54, 1.807) is 7.11 Å². The van der Waals surface area contributed by atoms with Crippen molar-refractivity contribution in [2.75, 3.05) is 13.7 Å². The Labute approximate surface area is 86.3 Å². The van der Waals surface area contributed by atoms with E-state index < -0.39 is 0 Å². The van der Waals surface area contributed by atoms with Crippen molar-refractivity contribution < 1.29 is 9.53 Å². The summed E-state index contributed by atoms with van der Waals surface area (Å²) in [4.78, 5) is 11.5. The van der Waals surface area contributed by atoms with Gasteiger partial charge in [-0.15, -0.1) is 0 Å². The third-order valence-electron chi connectivity index (χ3n) is 2.77. The van der Waals surface area contributed by atoms with Crippen molar-refractivity contribution in [3.05, 3.63) is 11.1 Å². The Morgan fingerprint density at radius 2 is 2.07 bits per heavy atom. The third-order valence-corrected chi connectivity index (χ3v) is 2.77. The maximum atomic E-state index is 11.5. The van der Waals surface area contributed by atoms with Gasteiger partial charge in [0.25, 0.3) is 0 Å². The number of unbranched alkanes of at least 4 members (excludes halogenated alkanes) is 2. The van der Waals surface area contributed by atoms with Crippen molar-refractivity contribution in [3.63, 3.8) is 0 Å². The number of rotatable bonds is 6. The molecule has 0 fully saturated rings. The van der Waals surface area contributed by atoms with Crippen molar-refractivity contribution in [1.82, 2.24) is 0 Å². The van der Waals surface area contributed by atoms with Gasteiger partial charge in [0.1, 0.15) is 0 Å². The highest BCUT2D eigenvalue weighted by molar-refractivity contribution is 5.98. The molecule has 0 aromatic heterocycles. The van der Waals surface area contributed by atoms with Crippen LogP contribution in [0.3, 0.4) is 0 Å². The van der Waals surface area contributed by atoms with E-state index in [0.29, 0.717) is 18.8 Å². The lowest BCUT2D eigenvalue weighted by atomic mass is 10.0. The van der Waals surface area contributed by atoms with E-state index in [1.807, 2.05) is 0 Å². The Kier molecular flexibility index (Phi) is 4.88. The number of hydrogen-bond donors (Lipinski definition) is 0. The fourth-order valence-corrected chi connectivity index (χ4v) is 1.96. The monoisotopic (exact) mass is 196 g/mol. The maximum Gasteiger partial charge on any atom is 0.159 e. The molecule has 0 aromatic carbocycles. The first-order valence-electron chi connectivity index (χ1n) is 5.52. The first kappa shape index (κ1) is 11.4. The van der Waals surface area contributed by atoms with Crippen LogP contribution in [0.5, 0.6) is 0 Å². The summed E-state index contributed by atoms with van der Waals surface area (Å²) in [7, 11) is 1.69. The maximum absolute atomic E-state index is 11.5. The van der Waals surface area contributed by atoms with Crippen LogP contribution in [-0.4, -0.2) is 19.5 Å². The largest absolute Gasteiger partial charge is 0.380 e. The Balaban J connectivity index is 2.50. The van der Waals surface area contributed by atoms with Crippen LogP contribution in [0.2, 0.25) is 0 Å². The molecule has 0 aliphatic heterocycles. The summed E-state index contributed by atoms with van der Waals surface area (Å²) in [5.74, 6) is 0.355. The summed E-state index contributed by atoms with van der Waals surface area (Å²) < 4.78 is 5.10. The van der Waals surface area contributed by atoms with Crippen molar-refractivity contribution >= 4 is 5.78 Å². The predicted molar refractivity (Wildman–Crippen MR) is 57.3 cm³/mol. The Morgan fingerprint density at radius 1 is 1.29 bits per heavy atom. The molecule has 0 radical (unpaired) electrons. The van der Waals surface area contributed by atoms with Gasteiger partial charge in [0, 0.05) is 13.5 Å². The van der Waals surface area contributed by atoms with Crippen LogP contribution >= 0.6 is 0 Å². The number of allylic oxidation sites excluding steroid dienone is 1. The number of methoxy groups -OCH3 is 1. The SMILES string of the molecule is CCCCCC1=C(COC)CCC1=O. The van der Waals surface area contributed by atoms with Crippen LogP contribution in [0.25, 0.3) is 0 Å². The summed E-state index contributed by atoms with van der Waals surface area (Å²) in [5, 5.41) is 0. The molecule has 0 bridgehead atoms. The summed E-state index contributed by atoms with van der Waals surface area (Å²) in [5.41, 5.74) is 2.31. The Morgan fingerprint density at radius 3 is 2.71 bits per heavy atom. The van der Waals surface area contributed by atoms with Crippen molar-refractivity contribution in [1.29, 1.82) is 0 Å². The normalized spacial score (nSPS) is 16.9. The topological polar surface area (TPSA) is 26.3 Å². The third kappa shape index (κ3) is 2.95. The van der Waals surface area contributed by atoms with E-state index in [0.717, 1.165) is 24.8 Å². The molecule has 2 nitrogen and oxygen atoms in total. The van der Waals surface area contributed by atoms with Crippen molar-refractivity contribution in [3.8, 4) is 0 Å². The van der Waals surface area contributed by atoms with Gasteiger partial charge in [-0.25, -0.2) is 0 Å². The fraction of sp³-hybridized carbons (Fsp3) is 0.750. The van der Waals surface area contributed by atoms with Crippen LogP contribution < -0.4 is 0 Å². The zero-order chi connectivity index (χ0) is 10.4. The van der Waals surface area contributed by atoms with Gasteiger partial charge in [-0.2, -0.15) is 0 Å². The van der Waals surface area contributed by atoms with Crippen molar-refractivity contribution in [2.45, 2.75) is 45.4 Å². The molecule has 0 aromatic rings. The average molecular weight is 196 g/mol. The summed E-state index contributed by atoms with van der Waals surface area (Å²) >= 11 is 0. The lowest BCUT2D eigenvalue weighted by Gasteiger charge is -2.04. The molecule has 0 spiro atoms. The second-order valence-electron chi connectivity index (χ2n) is 3.90. The molecule has 0 amide bonds. The quantitative estimate of drug-likeness (QED) is 0.611. The highest BCUT2D eigenvalue weighted by Crippen LogP contribution is 2.27. The van der Waals surface area contributed by atoms with E-state index in [2.05, 4.69) is 6.92 Å². The van der Waals surface area contributed by atoms with Crippen LogP contribution in [0.1, 0.15) is 45.4 Å². The number of ether oxygens (including phenoxy) is 1. The molecule has 0 saturated carbocycles. The van der Waals surface area contributed by atoms with Gasteiger partial charge in [0.05, 0.1) is 6.61 Å². The minimum Gasteiger partial charge on any atom is -0.380 e. The van der Waals surface area contributed by atoms with Crippen LogP contribution in [0.4, 0.5) is 0 Å². The van der Waals surface area contributed by atoms with E-state index >= 15 is 0 Å². The van der Waals surface area contributed by atoms with E-state index in [-0.39, 0.29) is 0 Å². The van der Waals surface area contributed by atoms with Gasteiger partial charge in [-0.3, -0.25) is 4.79 Å². The molecule has 0 heterocycles. The molecule has 1 rings (SSSR count). The molecule has 0 saturated heterocycles. The highest BCUT2D eigenvalue weighted by atomic mass is 16.5. The fourth-order valence-electron chi connectivity index (χ4n) is 1.96. The minimum atomic E-state index is 0.355. The van der Waals surface area contributed by atoms with Gasteiger partial charge in [0.2, 0.25) is 0 Å². The Bertz CT molecular complexity index is 228. The second-order valence-corrected chi connectivity index (χ2v) is 3.90. The zero-order valence-corrected chi connectivity index (χ0v) is 9.27. The molecule has 1 aliphatic carbocycles. The average Bonchev–Trinajstić information content (AvgIpc) is 2.50. The predicted octanol–water partition coefficient (Wildman–Crippen LogP) is 2.87. The molecule has 80 valence electrons. The van der Waals surface area contributed by atoms with Gasteiger partial charge in [0.15, 0.2) is 5.78 Å². The summed E-state index contributed by atoms with van der Waals surface area (Å²) in [6, 6.07) is 0. The van der Waals surface area contributed by atoms with Crippen LogP contribution in [-0.2, 0) is 9.53 Å². The van der Waals surface area contributed by atoms with E-state index in [9.17, 15) is 4.79 Å². The number of carbonyl (C=O) groups is 1. The smallest absolute Gasteiger partial charge is 0.159 e. The molecular weight excluding hydrogens is 176 g/mol. The molecular formula is C12H20O2. The van der Waals surface area contributed by atoms with Crippen LogP contribution in [0.15, 0.2) is 11.1 Å². The lowest BCUT2D eigenvalue weighted by Crippen LogP contribution is -1.99. The van der Waals surface area contributed by atoms with Gasteiger partial charge >= 0.3 is 0 Å². The first-order chi connectivity index (χ1) is 6.79. The van der Waals surface area contributed by atoms with Crippen molar-refractivity contribution in [2.24, 2.45) is 0 Å².